The Bertz CT molecular complexity index is 685. The molecule has 0 unspecified atom stereocenters. The monoisotopic (exact) mass is 344 g/mol. The van der Waals surface area contributed by atoms with Crippen LogP contribution >= 0.6 is 11.3 Å². The SMILES string of the molecule is CC(C)(C)c1nc(CC(=O)N2CCN(c3ccncc3)CC2)cs1. The van der Waals surface area contributed by atoms with Gasteiger partial charge in [0.15, 0.2) is 0 Å². The standard InChI is InChI=1S/C18H24N4OS/c1-18(2,3)17-20-14(13-24-17)12-16(23)22-10-8-21(9-11-22)15-4-6-19-7-5-15/h4-7,13H,8-12H2,1-3H3. The maximum Gasteiger partial charge on any atom is 0.228 e. The van der Waals surface area contributed by atoms with Crippen molar-refractivity contribution in [3.63, 3.8) is 0 Å². The number of anilines is 1. The second kappa shape index (κ2) is 6.89. The Hall–Kier alpha value is -1.95. The topological polar surface area (TPSA) is 49.3 Å². The number of hydrogen-bond donors (Lipinski definition) is 0. The van der Waals surface area contributed by atoms with E-state index in [0.29, 0.717) is 6.42 Å². The van der Waals surface area contributed by atoms with E-state index in [1.165, 1.54) is 5.69 Å². The summed E-state index contributed by atoms with van der Waals surface area (Å²) in [5.74, 6) is 0.176. The molecule has 2 aromatic heterocycles. The van der Waals surface area contributed by atoms with E-state index < -0.39 is 0 Å². The maximum atomic E-state index is 12.5. The van der Waals surface area contributed by atoms with Gasteiger partial charge < -0.3 is 9.80 Å². The van der Waals surface area contributed by atoms with Crippen molar-refractivity contribution >= 4 is 22.9 Å². The Labute approximate surface area is 147 Å². The molecule has 128 valence electrons. The molecule has 1 saturated heterocycles. The minimum Gasteiger partial charge on any atom is -0.368 e. The van der Waals surface area contributed by atoms with Crippen molar-refractivity contribution in [2.24, 2.45) is 0 Å². The van der Waals surface area contributed by atoms with Gasteiger partial charge in [-0.05, 0) is 12.1 Å². The highest BCUT2D eigenvalue weighted by Crippen LogP contribution is 2.26. The fourth-order valence-electron chi connectivity index (χ4n) is 2.77. The van der Waals surface area contributed by atoms with Gasteiger partial charge in [0.2, 0.25) is 5.91 Å². The molecular formula is C18H24N4OS. The molecule has 0 N–H and O–H groups in total. The Morgan fingerprint density at radius 3 is 2.42 bits per heavy atom. The van der Waals surface area contributed by atoms with Crippen LogP contribution in [0.3, 0.4) is 0 Å². The van der Waals surface area contributed by atoms with Gasteiger partial charge in [-0.1, -0.05) is 20.8 Å². The molecule has 5 nitrogen and oxygen atoms in total. The fraction of sp³-hybridized carbons (Fsp3) is 0.500. The molecule has 1 aliphatic rings. The van der Waals surface area contributed by atoms with Crippen LogP contribution in [0.25, 0.3) is 0 Å². The maximum absolute atomic E-state index is 12.5. The lowest BCUT2D eigenvalue weighted by Crippen LogP contribution is -2.49. The number of rotatable bonds is 3. The molecule has 24 heavy (non-hydrogen) atoms. The summed E-state index contributed by atoms with van der Waals surface area (Å²) in [5, 5.41) is 3.11. The highest BCUT2D eigenvalue weighted by Gasteiger charge is 2.23. The van der Waals surface area contributed by atoms with Gasteiger partial charge in [-0.3, -0.25) is 9.78 Å². The van der Waals surface area contributed by atoms with Crippen LogP contribution < -0.4 is 4.90 Å². The molecule has 0 bridgehead atoms. The molecule has 6 heteroatoms. The summed E-state index contributed by atoms with van der Waals surface area (Å²) >= 11 is 1.65. The van der Waals surface area contributed by atoms with E-state index in [1.807, 2.05) is 34.8 Å². The summed E-state index contributed by atoms with van der Waals surface area (Å²) < 4.78 is 0. The minimum atomic E-state index is 0.0438. The average molecular weight is 344 g/mol. The van der Waals surface area contributed by atoms with Gasteiger partial charge in [0, 0.05) is 55.1 Å². The second-order valence-electron chi connectivity index (χ2n) is 7.14. The van der Waals surface area contributed by atoms with E-state index >= 15 is 0 Å². The summed E-state index contributed by atoms with van der Waals surface area (Å²) in [4.78, 5) is 25.5. The molecule has 0 aromatic carbocycles. The zero-order chi connectivity index (χ0) is 17.2. The fourth-order valence-corrected chi connectivity index (χ4v) is 3.68. The largest absolute Gasteiger partial charge is 0.368 e. The lowest BCUT2D eigenvalue weighted by Gasteiger charge is -2.36. The zero-order valence-corrected chi connectivity index (χ0v) is 15.3. The first-order valence-corrected chi connectivity index (χ1v) is 9.19. The number of aromatic nitrogens is 2. The smallest absolute Gasteiger partial charge is 0.228 e. The summed E-state index contributed by atoms with van der Waals surface area (Å²) in [7, 11) is 0. The highest BCUT2D eigenvalue weighted by molar-refractivity contribution is 7.09. The molecule has 3 heterocycles. The minimum absolute atomic E-state index is 0.0438. The van der Waals surface area contributed by atoms with Crippen molar-refractivity contribution in [3.05, 3.63) is 40.6 Å². The summed E-state index contributed by atoms with van der Waals surface area (Å²) in [6.45, 7) is 9.69. The summed E-state index contributed by atoms with van der Waals surface area (Å²) in [5.41, 5.74) is 2.11. The van der Waals surface area contributed by atoms with Crippen LogP contribution in [-0.2, 0) is 16.6 Å². The number of hydrogen-bond acceptors (Lipinski definition) is 5. The van der Waals surface area contributed by atoms with Gasteiger partial charge in [-0.2, -0.15) is 0 Å². The number of amides is 1. The van der Waals surface area contributed by atoms with Gasteiger partial charge in [-0.25, -0.2) is 4.98 Å². The normalized spacial score (nSPS) is 15.6. The first-order chi connectivity index (χ1) is 11.4. The molecular weight excluding hydrogens is 320 g/mol. The molecule has 0 atom stereocenters. The van der Waals surface area contributed by atoms with Gasteiger partial charge in [-0.15, -0.1) is 11.3 Å². The molecule has 0 saturated carbocycles. The first kappa shape index (κ1) is 16.9. The van der Waals surface area contributed by atoms with Gasteiger partial charge in [0.1, 0.15) is 0 Å². The van der Waals surface area contributed by atoms with Crippen molar-refractivity contribution in [2.45, 2.75) is 32.6 Å². The van der Waals surface area contributed by atoms with Crippen LogP contribution in [-0.4, -0.2) is 47.0 Å². The Balaban J connectivity index is 1.55. The molecule has 3 rings (SSSR count). The highest BCUT2D eigenvalue weighted by atomic mass is 32.1. The van der Waals surface area contributed by atoms with E-state index in [0.717, 1.165) is 36.9 Å². The third kappa shape index (κ3) is 3.93. The Morgan fingerprint density at radius 2 is 1.83 bits per heavy atom. The molecule has 1 amide bonds. The van der Waals surface area contributed by atoms with Gasteiger partial charge in [0.05, 0.1) is 17.1 Å². The van der Waals surface area contributed by atoms with Gasteiger partial charge >= 0.3 is 0 Å². The molecule has 2 aromatic rings. The van der Waals surface area contributed by atoms with Crippen LogP contribution in [0.4, 0.5) is 5.69 Å². The van der Waals surface area contributed by atoms with Crippen molar-refractivity contribution in [2.75, 3.05) is 31.1 Å². The van der Waals surface area contributed by atoms with Gasteiger partial charge in [0.25, 0.3) is 0 Å². The van der Waals surface area contributed by atoms with Crippen LogP contribution in [0.2, 0.25) is 0 Å². The average Bonchev–Trinajstić information content (AvgIpc) is 3.05. The first-order valence-electron chi connectivity index (χ1n) is 8.31. The predicted molar refractivity (Wildman–Crippen MR) is 97.5 cm³/mol. The van der Waals surface area contributed by atoms with Crippen LogP contribution in [0.5, 0.6) is 0 Å². The van der Waals surface area contributed by atoms with E-state index in [-0.39, 0.29) is 11.3 Å². The quantitative estimate of drug-likeness (QED) is 0.859. The molecule has 0 radical (unpaired) electrons. The third-order valence-electron chi connectivity index (χ3n) is 4.19. The molecule has 0 aliphatic carbocycles. The summed E-state index contributed by atoms with van der Waals surface area (Å²) in [6.07, 6.45) is 4.02. The van der Waals surface area contributed by atoms with Crippen molar-refractivity contribution in [1.29, 1.82) is 0 Å². The second-order valence-corrected chi connectivity index (χ2v) is 8.00. The van der Waals surface area contributed by atoms with Crippen LogP contribution in [0.1, 0.15) is 31.5 Å². The van der Waals surface area contributed by atoms with E-state index in [1.54, 1.807) is 11.3 Å². The number of carbonyl (C=O) groups is 1. The predicted octanol–water partition coefficient (Wildman–Crippen LogP) is 2.73. The van der Waals surface area contributed by atoms with E-state index in [4.69, 9.17) is 0 Å². The Kier molecular flexibility index (Phi) is 4.85. The Morgan fingerprint density at radius 1 is 1.17 bits per heavy atom. The molecule has 0 spiro atoms. The van der Waals surface area contributed by atoms with Crippen molar-refractivity contribution in [1.82, 2.24) is 14.9 Å². The lowest BCUT2D eigenvalue weighted by atomic mass is 9.98. The van der Waals surface area contributed by atoms with Crippen LogP contribution in [0.15, 0.2) is 29.9 Å². The van der Waals surface area contributed by atoms with Crippen LogP contribution in [0, 0.1) is 0 Å². The number of piperazine rings is 1. The number of nitrogens with zero attached hydrogens (tertiary/aromatic N) is 4. The molecule has 1 fully saturated rings. The number of carbonyl (C=O) groups excluding carboxylic acids is 1. The summed E-state index contributed by atoms with van der Waals surface area (Å²) in [6, 6.07) is 4.03. The lowest BCUT2D eigenvalue weighted by molar-refractivity contribution is -0.130. The zero-order valence-electron chi connectivity index (χ0n) is 14.5. The number of thiazole rings is 1. The van der Waals surface area contributed by atoms with Crippen molar-refractivity contribution in [3.8, 4) is 0 Å². The van der Waals surface area contributed by atoms with E-state index in [9.17, 15) is 4.79 Å². The number of pyridine rings is 1. The molecule has 1 aliphatic heterocycles. The third-order valence-corrected chi connectivity index (χ3v) is 5.50. The van der Waals surface area contributed by atoms with E-state index in [2.05, 4.69) is 35.6 Å². The van der Waals surface area contributed by atoms with Crippen molar-refractivity contribution < 1.29 is 4.79 Å².